The topological polar surface area (TPSA) is 62.2 Å². The molecule has 1 fully saturated rings. The van der Waals surface area contributed by atoms with Gasteiger partial charge in [0.15, 0.2) is 5.11 Å². The smallest absolute Gasteiger partial charge is 0.226 e. The summed E-state index contributed by atoms with van der Waals surface area (Å²) in [5.41, 5.74) is 6.21. The minimum absolute atomic E-state index is 0.0476. The normalized spacial score (nSPS) is 17.1. The van der Waals surface area contributed by atoms with Gasteiger partial charge in [-0.05, 0) is 80.2 Å². The Bertz CT molecular complexity index is 1420. The number of hydrogen-bond acceptors (Lipinski definition) is 3. The summed E-state index contributed by atoms with van der Waals surface area (Å²) < 4.78 is 3.29. The van der Waals surface area contributed by atoms with Crippen LogP contribution in [0.5, 0.6) is 0 Å². The lowest BCUT2D eigenvalue weighted by Gasteiger charge is -2.28. The van der Waals surface area contributed by atoms with Crippen LogP contribution in [0, 0.1) is 13.8 Å². The molecule has 2 unspecified atom stereocenters. The van der Waals surface area contributed by atoms with Gasteiger partial charge in [-0.2, -0.15) is 0 Å². The number of halogens is 1. The fraction of sp³-hybridized carbons (Fsp3) is 0.207. The number of nitrogens with zero attached hydrogens (tertiary/aromatic N) is 3. The molecule has 1 aliphatic rings. The SMILES string of the molecule is Cc1cc(C2C(c3ccccn3)NC(=S)N2CCC(=O)Nc2ccccc2)c(C)n1-c1cccc(Br)c1. The summed E-state index contributed by atoms with van der Waals surface area (Å²) in [4.78, 5) is 19.6. The molecule has 0 aliphatic carbocycles. The number of pyridine rings is 1. The molecule has 4 aromatic rings. The highest BCUT2D eigenvalue weighted by atomic mass is 79.9. The molecular formula is C29H28BrN5OS. The molecule has 0 saturated carbocycles. The van der Waals surface area contributed by atoms with Gasteiger partial charge in [-0.3, -0.25) is 9.78 Å². The van der Waals surface area contributed by atoms with Crippen LogP contribution in [-0.2, 0) is 4.79 Å². The molecule has 2 atom stereocenters. The van der Waals surface area contributed by atoms with E-state index in [1.54, 1.807) is 6.20 Å². The number of amides is 1. The van der Waals surface area contributed by atoms with Gasteiger partial charge in [0, 0.05) is 46.4 Å². The lowest BCUT2D eigenvalue weighted by atomic mass is 9.96. The number of carbonyl (C=O) groups excluding carboxylic acids is 1. The third-order valence-electron chi connectivity index (χ3n) is 6.69. The van der Waals surface area contributed by atoms with Crippen LogP contribution in [-0.4, -0.2) is 32.0 Å². The van der Waals surface area contributed by atoms with Gasteiger partial charge in [-0.15, -0.1) is 0 Å². The number of hydrogen-bond donors (Lipinski definition) is 2. The number of nitrogens with one attached hydrogen (secondary N) is 2. The summed E-state index contributed by atoms with van der Waals surface area (Å²) in [5, 5.41) is 7.10. The molecule has 8 heteroatoms. The third-order valence-corrected chi connectivity index (χ3v) is 7.54. The summed E-state index contributed by atoms with van der Waals surface area (Å²) in [7, 11) is 0. The molecule has 2 aromatic heterocycles. The number of benzene rings is 2. The van der Waals surface area contributed by atoms with Crippen molar-refractivity contribution in [2.45, 2.75) is 32.4 Å². The first-order valence-corrected chi connectivity index (χ1v) is 13.4. The average molecular weight is 575 g/mol. The van der Waals surface area contributed by atoms with E-state index in [0.717, 1.165) is 38.5 Å². The van der Waals surface area contributed by atoms with Gasteiger partial charge in [0.25, 0.3) is 0 Å². The summed E-state index contributed by atoms with van der Waals surface area (Å²) >= 11 is 9.41. The second kappa shape index (κ2) is 10.9. The van der Waals surface area contributed by atoms with Gasteiger partial charge in [0.1, 0.15) is 0 Å². The molecule has 6 nitrogen and oxygen atoms in total. The molecule has 1 amide bonds. The maximum absolute atomic E-state index is 12.8. The second-order valence-corrected chi connectivity index (χ2v) is 10.4. The Labute approximate surface area is 230 Å². The summed E-state index contributed by atoms with van der Waals surface area (Å²) in [6.07, 6.45) is 2.12. The maximum atomic E-state index is 12.8. The van der Waals surface area contributed by atoms with Crippen LogP contribution in [0.2, 0.25) is 0 Å². The first-order chi connectivity index (χ1) is 17.9. The van der Waals surface area contributed by atoms with E-state index in [1.165, 1.54) is 0 Å². The van der Waals surface area contributed by atoms with Crippen molar-refractivity contribution in [3.8, 4) is 5.69 Å². The van der Waals surface area contributed by atoms with Gasteiger partial charge >= 0.3 is 0 Å². The minimum atomic E-state index is -0.137. The van der Waals surface area contributed by atoms with E-state index in [9.17, 15) is 4.79 Å². The predicted molar refractivity (Wildman–Crippen MR) is 155 cm³/mol. The van der Waals surface area contributed by atoms with Crippen molar-refractivity contribution in [2.24, 2.45) is 0 Å². The van der Waals surface area contributed by atoms with Gasteiger partial charge in [-0.1, -0.05) is 46.3 Å². The zero-order valence-electron chi connectivity index (χ0n) is 20.7. The van der Waals surface area contributed by atoms with E-state index in [2.05, 4.69) is 73.1 Å². The van der Waals surface area contributed by atoms with Crippen molar-refractivity contribution in [3.63, 3.8) is 0 Å². The monoisotopic (exact) mass is 573 g/mol. The Hall–Kier alpha value is -3.49. The van der Waals surface area contributed by atoms with Crippen molar-refractivity contribution in [2.75, 3.05) is 11.9 Å². The zero-order valence-corrected chi connectivity index (χ0v) is 23.1. The van der Waals surface area contributed by atoms with E-state index in [0.29, 0.717) is 18.1 Å². The molecule has 1 saturated heterocycles. The van der Waals surface area contributed by atoms with Crippen LogP contribution in [0.4, 0.5) is 5.69 Å². The first kappa shape index (κ1) is 25.2. The molecule has 5 rings (SSSR count). The fourth-order valence-corrected chi connectivity index (χ4v) is 5.77. The number of carbonyl (C=O) groups is 1. The second-order valence-electron chi connectivity index (χ2n) is 9.13. The number of para-hydroxylation sites is 1. The predicted octanol–water partition coefficient (Wildman–Crippen LogP) is 6.25. The largest absolute Gasteiger partial charge is 0.352 e. The van der Waals surface area contributed by atoms with Crippen LogP contribution < -0.4 is 10.6 Å². The van der Waals surface area contributed by atoms with E-state index < -0.39 is 0 Å². The van der Waals surface area contributed by atoms with Gasteiger partial charge in [0.2, 0.25) is 5.91 Å². The zero-order chi connectivity index (χ0) is 25.9. The number of anilines is 1. The van der Waals surface area contributed by atoms with Crippen LogP contribution in [0.25, 0.3) is 5.69 Å². The van der Waals surface area contributed by atoms with Gasteiger partial charge in [0.05, 0.1) is 17.8 Å². The maximum Gasteiger partial charge on any atom is 0.226 e. The quantitative estimate of drug-likeness (QED) is 0.256. The molecule has 2 N–H and O–H groups in total. The lowest BCUT2D eigenvalue weighted by Crippen LogP contribution is -2.32. The molecule has 2 aromatic carbocycles. The molecular weight excluding hydrogens is 546 g/mol. The van der Waals surface area contributed by atoms with Crippen molar-refractivity contribution >= 4 is 44.9 Å². The summed E-state index contributed by atoms with van der Waals surface area (Å²) in [6, 6.07) is 25.7. The van der Waals surface area contributed by atoms with Crippen molar-refractivity contribution < 1.29 is 4.79 Å². The molecule has 37 heavy (non-hydrogen) atoms. The molecule has 0 radical (unpaired) electrons. The van der Waals surface area contributed by atoms with Crippen molar-refractivity contribution in [1.82, 2.24) is 19.8 Å². The Balaban J connectivity index is 1.48. The minimum Gasteiger partial charge on any atom is -0.352 e. The fourth-order valence-electron chi connectivity index (χ4n) is 5.05. The van der Waals surface area contributed by atoms with E-state index in [4.69, 9.17) is 12.2 Å². The first-order valence-electron chi connectivity index (χ1n) is 12.2. The number of aryl methyl sites for hydroxylation is 1. The van der Waals surface area contributed by atoms with Crippen molar-refractivity contribution in [3.05, 3.63) is 112 Å². The molecule has 1 aliphatic heterocycles. The van der Waals surface area contributed by atoms with Crippen molar-refractivity contribution in [1.29, 1.82) is 0 Å². The number of rotatable bonds is 7. The molecule has 0 spiro atoms. The van der Waals surface area contributed by atoms with E-state index in [-0.39, 0.29) is 18.0 Å². The molecule has 3 heterocycles. The Morgan fingerprint density at radius 3 is 2.57 bits per heavy atom. The van der Waals surface area contributed by atoms with Gasteiger partial charge < -0.3 is 20.1 Å². The summed E-state index contributed by atoms with van der Waals surface area (Å²) in [5.74, 6) is -0.0476. The Morgan fingerprint density at radius 1 is 1.05 bits per heavy atom. The van der Waals surface area contributed by atoms with Gasteiger partial charge in [-0.25, -0.2) is 0 Å². The van der Waals surface area contributed by atoms with Crippen LogP contribution in [0.15, 0.2) is 89.5 Å². The highest BCUT2D eigenvalue weighted by Gasteiger charge is 2.41. The third kappa shape index (κ3) is 5.31. The Kier molecular flexibility index (Phi) is 7.39. The van der Waals surface area contributed by atoms with E-state index in [1.807, 2.05) is 60.7 Å². The van der Waals surface area contributed by atoms with Crippen LogP contribution >= 0.6 is 28.1 Å². The van der Waals surface area contributed by atoms with E-state index >= 15 is 0 Å². The summed E-state index contributed by atoms with van der Waals surface area (Å²) in [6.45, 7) is 4.74. The highest BCUT2D eigenvalue weighted by Crippen LogP contribution is 2.41. The van der Waals surface area contributed by atoms with Crippen LogP contribution in [0.3, 0.4) is 0 Å². The molecule has 0 bridgehead atoms. The Morgan fingerprint density at radius 2 is 1.84 bits per heavy atom. The standard InChI is InChI=1S/C29H28BrN5OS/c1-19-17-24(20(2)35(19)23-12-8-9-21(30)18-23)28-27(25-13-6-7-15-31-25)33-29(37)34(28)16-14-26(36)32-22-10-4-3-5-11-22/h3-13,15,17-18,27-28H,14,16H2,1-2H3,(H,32,36)(H,33,37). The highest BCUT2D eigenvalue weighted by molar-refractivity contribution is 9.10. The lowest BCUT2D eigenvalue weighted by molar-refractivity contribution is -0.116. The average Bonchev–Trinajstić information content (AvgIpc) is 3.38. The number of thiocarbonyl (C=S) groups is 1. The number of aromatic nitrogens is 2. The van der Waals surface area contributed by atoms with Crippen LogP contribution in [0.1, 0.15) is 41.1 Å². The molecule has 188 valence electrons.